The Morgan fingerprint density at radius 1 is 1.40 bits per heavy atom. The highest BCUT2D eigenvalue weighted by molar-refractivity contribution is 6.33. The molecule has 0 spiro atoms. The second-order valence-electron chi connectivity index (χ2n) is 5.99. The van der Waals surface area contributed by atoms with E-state index in [9.17, 15) is 15.2 Å². The number of nitrogens with zero attached hydrogens (tertiary/aromatic N) is 4. The number of hydrogen-bond donors (Lipinski definition) is 2. The fraction of sp³-hybridized carbons (Fsp3) is 0.353. The van der Waals surface area contributed by atoms with Crippen molar-refractivity contribution in [3.05, 3.63) is 45.3 Å². The summed E-state index contributed by atoms with van der Waals surface area (Å²) in [5, 5.41) is 26.1. The number of anilines is 3. The maximum Gasteiger partial charge on any atom is 0.287 e. The Balaban J connectivity index is 1.86. The van der Waals surface area contributed by atoms with Crippen LogP contribution in [0.1, 0.15) is 18.4 Å². The summed E-state index contributed by atoms with van der Waals surface area (Å²) in [5.74, 6) is 0. The van der Waals surface area contributed by atoms with Crippen LogP contribution in [-0.2, 0) is 7.05 Å². The van der Waals surface area contributed by atoms with Gasteiger partial charge in [0.05, 0.1) is 29.2 Å². The van der Waals surface area contributed by atoms with Gasteiger partial charge in [0.25, 0.3) is 5.56 Å². The molecule has 2 aromatic rings. The number of benzene rings is 1. The van der Waals surface area contributed by atoms with Crippen LogP contribution in [-0.4, -0.2) is 34.1 Å². The molecule has 2 N–H and O–H groups in total. The number of aromatic nitrogens is 2. The van der Waals surface area contributed by atoms with Crippen LogP contribution in [0.25, 0.3) is 0 Å². The van der Waals surface area contributed by atoms with Crippen LogP contribution in [0.3, 0.4) is 0 Å². The Kier molecular flexibility index (Phi) is 4.93. The topological polar surface area (TPSA) is 94.2 Å². The third kappa shape index (κ3) is 3.60. The van der Waals surface area contributed by atoms with Crippen LogP contribution >= 0.6 is 11.6 Å². The minimum absolute atomic E-state index is 0.0464. The lowest BCUT2D eigenvalue weighted by Gasteiger charge is -2.32. The van der Waals surface area contributed by atoms with Crippen molar-refractivity contribution < 1.29 is 5.11 Å². The van der Waals surface area contributed by atoms with E-state index in [2.05, 4.69) is 21.4 Å². The van der Waals surface area contributed by atoms with Crippen molar-refractivity contribution in [2.24, 2.45) is 7.05 Å². The highest BCUT2D eigenvalue weighted by atomic mass is 35.5. The van der Waals surface area contributed by atoms with Crippen LogP contribution in [0.2, 0.25) is 5.02 Å². The Morgan fingerprint density at radius 3 is 2.80 bits per heavy atom. The summed E-state index contributed by atoms with van der Waals surface area (Å²) in [4.78, 5) is 13.9. The molecule has 0 bridgehead atoms. The van der Waals surface area contributed by atoms with E-state index in [0.717, 1.165) is 10.4 Å². The molecular weight excluding hydrogens is 342 g/mol. The predicted molar refractivity (Wildman–Crippen MR) is 96.4 cm³/mol. The lowest BCUT2D eigenvalue weighted by molar-refractivity contribution is 0.145. The molecule has 1 aromatic heterocycles. The summed E-state index contributed by atoms with van der Waals surface area (Å²) in [5.41, 5.74) is 2.01. The van der Waals surface area contributed by atoms with Crippen molar-refractivity contribution in [2.45, 2.75) is 18.9 Å². The summed E-state index contributed by atoms with van der Waals surface area (Å²) in [6, 6.07) is 7.61. The van der Waals surface area contributed by atoms with Crippen LogP contribution in [0, 0.1) is 11.3 Å². The zero-order valence-electron chi connectivity index (χ0n) is 13.7. The summed E-state index contributed by atoms with van der Waals surface area (Å²) in [6.07, 6.45) is 2.59. The highest BCUT2D eigenvalue weighted by Crippen LogP contribution is 2.29. The molecule has 1 aliphatic heterocycles. The van der Waals surface area contributed by atoms with Gasteiger partial charge in [-0.05, 0) is 31.0 Å². The van der Waals surface area contributed by atoms with Gasteiger partial charge in [0.1, 0.15) is 11.1 Å². The van der Waals surface area contributed by atoms with E-state index >= 15 is 0 Å². The van der Waals surface area contributed by atoms with Gasteiger partial charge in [0.2, 0.25) is 0 Å². The number of rotatable bonds is 3. The zero-order chi connectivity index (χ0) is 18.0. The van der Waals surface area contributed by atoms with Gasteiger partial charge in [-0.3, -0.25) is 4.79 Å². The normalized spacial score (nSPS) is 15.0. The van der Waals surface area contributed by atoms with E-state index in [1.165, 1.54) is 13.2 Å². The summed E-state index contributed by atoms with van der Waals surface area (Å²) in [7, 11) is 1.52. The molecule has 25 heavy (non-hydrogen) atoms. The molecule has 3 rings (SSSR count). The van der Waals surface area contributed by atoms with Gasteiger partial charge in [0, 0.05) is 25.8 Å². The molecule has 1 fully saturated rings. The highest BCUT2D eigenvalue weighted by Gasteiger charge is 2.19. The number of aliphatic hydroxyl groups is 1. The summed E-state index contributed by atoms with van der Waals surface area (Å²) in [6.45, 7) is 1.43. The van der Waals surface area contributed by atoms with Crippen LogP contribution in [0.5, 0.6) is 0 Å². The molecule has 130 valence electrons. The monoisotopic (exact) mass is 359 g/mol. The van der Waals surface area contributed by atoms with Gasteiger partial charge in [-0.15, -0.1) is 0 Å². The number of halogens is 1. The molecule has 0 radical (unpaired) electrons. The number of nitriles is 1. The number of piperidine rings is 1. The number of aryl methyl sites for hydroxylation is 1. The molecule has 7 nitrogen and oxygen atoms in total. The number of aliphatic hydroxyl groups excluding tert-OH is 1. The van der Waals surface area contributed by atoms with Crippen LogP contribution in [0.4, 0.5) is 17.1 Å². The lowest BCUT2D eigenvalue weighted by Crippen LogP contribution is -2.36. The first-order valence-electron chi connectivity index (χ1n) is 7.95. The lowest BCUT2D eigenvalue weighted by atomic mass is 10.0. The van der Waals surface area contributed by atoms with Gasteiger partial charge in [0.15, 0.2) is 0 Å². The van der Waals surface area contributed by atoms with E-state index < -0.39 is 5.56 Å². The average Bonchev–Trinajstić information content (AvgIpc) is 2.63. The Morgan fingerprint density at radius 2 is 2.12 bits per heavy atom. The van der Waals surface area contributed by atoms with E-state index in [1.807, 2.05) is 12.1 Å². The Labute approximate surface area is 150 Å². The van der Waals surface area contributed by atoms with Gasteiger partial charge >= 0.3 is 0 Å². The molecule has 0 aliphatic carbocycles. The molecule has 0 saturated carbocycles. The van der Waals surface area contributed by atoms with Crippen LogP contribution < -0.4 is 15.8 Å². The second kappa shape index (κ2) is 7.13. The minimum Gasteiger partial charge on any atom is -0.393 e. The number of hydrogen-bond acceptors (Lipinski definition) is 6. The van der Waals surface area contributed by atoms with Crippen molar-refractivity contribution in [2.75, 3.05) is 23.3 Å². The second-order valence-corrected chi connectivity index (χ2v) is 6.37. The van der Waals surface area contributed by atoms with E-state index in [4.69, 9.17) is 11.6 Å². The fourth-order valence-electron chi connectivity index (χ4n) is 2.84. The van der Waals surface area contributed by atoms with Crippen LogP contribution in [0.15, 0.2) is 29.2 Å². The maximum atomic E-state index is 11.8. The molecule has 0 atom stereocenters. The third-order valence-corrected chi connectivity index (χ3v) is 4.64. The molecular formula is C17H18ClN5O2. The van der Waals surface area contributed by atoms with Gasteiger partial charge < -0.3 is 15.3 Å². The van der Waals surface area contributed by atoms with Crippen molar-refractivity contribution >= 4 is 28.7 Å². The van der Waals surface area contributed by atoms with E-state index in [-0.39, 0.29) is 11.1 Å². The molecule has 1 aromatic carbocycles. The molecule has 1 aliphatic rings. The van der Waals surface area contributed by atoms with Crippen molar-refractivity contribution in [1.29, 1.82) is 5.26 Å². The number of nitrogens with one attached hydrogen (secondary N) is 1. The standard InChI is InChI=1S/C17H18ClN5O2/c1-22-17(25)16(18)14(10-20-22)21-12-2-3-15(11(8-12)9-19)23-6-4-13(24)5-7-23/h2-3,8,10,13,21,24H,4-7H2,1H3. The predicted octanol–water partition coefficient (Wildman–Crippen LogP) is 2.01. The van der Waals surface area contributed by atoms with Crippen molar-refractivity contribution in [3.8, 4) is 6.07 Å². The first kappa shape index (κ1) is 17.3. The van der Waals surface area contributed by atoms with Gasteiger partial charge in [-0.2, -0.15) is 10.4 Å². The van der Waals surface area contributed by atoms with E-state index in [0.29, 0.717) is 42.9 Å². The fourth-order valence-corrected chi connectivity index (χ4v) is 3.06. The van der Waals surface area contributed by atoms with Gasteiger partial charge in [-0.25, -0.2) is 4.68 Å². The quantitative estimate of drug-likeness (QED) is 0.870. The minimum atomic E-state index is -0.393. The van der Waals surface area contributed by atoms with E-state index in [1.54, 1.807) is 6.07 Å². The average molecular weight is 360 g/mol. The molecule has 0 amide bonds. The Bertz CT molecular complexity index is 882. The van der Waals surface area contributed by atoms with Gasteiger partial charge in [-0.1, -0.05) is 11.6 Å². The Hall–Kier alpha value is -2.56. The first-order valence-corrected chi connectivity index (χ1v) is 8.33. The smallest absolute Gasteiger partial charge is 0.287 e. The first-order chi connectivity index (χ1) is 12.0. The molecule has 0 unspecified atom stereocenters. The summed E-state index contributed by atoms with van der Waals surface area (Å²) < 4.78 is 1.15. The SMILES string of the molecule is Cn1ncc(Nc2ccc(N3CCC(O)CC3)c(C#N)c2)c(Cl)c1=O. The summed E-state index contributed by atoms with van der Waals surface area (Å²) >= 11 is 6.06. The zero-order valence-corrected chi connectivity index (χ0v) is 14.5. The molecule has 8 heteroatoms. The maximum absolute atomic E-state index is 11.8. The molecule has 1 saturated heterocycles. The third-order valence-electron chi connectivity index (χ3n) is 4.28. The van der Waals surface area contributed by atoms with Crippen molar-refractivity contribution in [3.63, 3.8) is 0 Å². The van der Waals surface area contributed by atoms with Crippen molar-refractivity contribution in [1.82, 2.24) is 9.78 Å². The molecule has 2 heterocycles. The largest absolute Gasteiger partial charge is 0.393 e.